The molecule has 0 radical (unpaired) electrons. The highest BCUT2D eigenvalue weighted by molar-refractivity contribution is 6.28. The monoisotopic (exact) mass is 259 g/mol. The second kappa shape index (κ2) is 5.01. The fourth-order valence-corrected chi connectivity index (χ4v) is 1.54. The molecule has 1 rings (SSSR count). The van der Waals surface area contributed by atoms with Gasteiger partial charge in [-0.25, -0.2) is 0 Å². The molecule has 0 aliphatic carbocycles. The van der Waals surface area contributed by atoms with Crippen LogP contribution in [0.2, 0.25) is 0 Å². The van der Waals surface area contributed by atoms with E-state index in [4.69, 9.17) is 16.3 Å². The van der Waals surface area contributed by atoms with Crippen LogP contribution in [0, 0.1) is 0 Å². The highest BCUT2D eigenvalue weighted by Crippen LogP contribution is 2.21. The summed E-state index contributed by atoms with van der Waals surface area (Å²) < 4.78 is 41.5. The Morgan fingerprint density at radius 1 is 1.44 bits per heavy atom. The second-order valence-electron chi connectivity index (χ2n) is 3.19. The molecule has 0 aromatic carbocycles. The number of hydrogen-bond donors (Lipinski definition) is 0. The molecule has 1 amide bonds. The Labute approximate surface area is 94.3 Å². The van der Waals surface area contributed by atoms with E-state index in [0.717, 1.165) is 0 Å². The van der Waals surface area contributed by atoms with E-state index in [-0.39, 0.29) is 19.8 Å². The molecule has 16 heavy (non-hydrogen) atoms. The fraction of sp³-hybridized carbons (Fsp3) is 0.750. The molecular weight excluding hydrogens is 251 g/mol. The number of ketones is 1. The van der Waals surface area contributed by atoms with E-state index in [9.17, 15) is 22.8 Å². The van der Waals surface area contributed by atoms with Crippen LogP contribution in [0.25, 0.3) is 0 Å². The van der Waals surface area contributed by atoms with Crippen molar-refractivity contribution in [1.82, 2.24) is 4.90 Å². The molecule has 1 fully saturated rings. The van der Waals surface area contributed by atoms with Crippen LogP contribution in [-0.2, 0) is 14.3 Å². The van der Waals surface area contributed by atoms with E-state index < -0.39 is 29.8 Å². The van der Waals surface area contributed by atoms with Crippen molar-refractivity contribution in [3.63, 3.8) is 0 Å². The molecule has 1 aliphatic heterocycles. The van der Waals surface area contributed by atoms with Crippen molar-refractivity contribution in [3.8, 4) is 0 Å². The molecule has 1 aliphatic rings. The van der Waals surface area contributed by atoms with E-state index in [0.29, 0.717) is 4.90 Å². The average molecular weight is 260 g/mol. The highest BCUT2D eigenvalue weighted by atomic mass is 35.5. The van der Waals surface area contributed by atoms with Crippen LogP contribution in [-0.4, -0.2) is 54.4 Å². The smallest absolute Gasteiger partial charge is 0.377 e. The predicted octanol–water partition coefficient (Wildman–Crippen LogP) is 0.584. The maximum atomic E-state index is 12.2. The number of hydrogen-bond acceptors (Lipinski definition) is 3. The minimum atomic E-state index is -4.98. The van der Waals surface area contributed by atoms with Gasteiger partial charge in [-0.1, -0.05) is 0 Å². The summed E-state index contributed by atoms with van der Waals surface area (Å²) in [6, 6.07) is -1.24. The molecule has 1 saturated heterocycles. The van der Waals surface area contributed by atoms with E-state index in [2.05, 4.69) is 0 Å². The van der Waals surface area contributed by atoms with Crippen LogP contribution in [0.15, 0.2) is 0 Å². The van der Waals surface area contributed by atoms with Crippen molar-refractivity contribution < 1.29 is 27.5 Å². The van der Waals surface area contributed by atoms with Crippen molar-refractivity contribution in [2.75, 3.05) is 25.6 Å². The summed E-state index contributed by atoms with van der Waals surface area (Å²) in [6.07, 6.45) is -4.98. The summed E-state index contributed by atoms with van der Waals surface area (Å²) in [6.45, 7) is -0.521. The van der Waals surface area contributed by atoms with Crippen LogP contribution in [0.3, 0.4) is 0 Å². The van der Waals surface area contributed by atoms with Crippen molar-refractivity contribution >= 4 is 23.3 Å². The fourth-order valence-electron chi connectivity index (χ4n) is 1.37. The molecule has 4 nitrogen and oxygen atoms in total. The van der Waals surface area contributed by atoms with Crippen molar-refractivity contribution in [2.45, 2.75) is 12.2 Å². The Hall–Kier alpha value is -0.820. The van der Waals surface area contributed by atoms with E-state index in [1.807, 2.05) is 0 Å². The lowest BCUT2D eigenvalue weighted by atomic mass is 10.1. The molecule has 0 saturated carbocycles. The van der Waals surface area contributed by atoms with Crippen LogP contribution < -0.4 is 0 Å². The average Bonchev–Trinajstić information content (AvgIpc) is 2.25. The molecule has 0 spiro atoms. The normalized spacial score (nSPS) is 22.0. The zero-order chi connectivity index (χ0) is 12.3. The van der Waals surface area contributed by atoms with Gasteiger partial charge in [0.25, 0.3) is 0 Å². The summed E-state index contributed by atoms with van der Waals surface area (Å²) in [5.74, 6) is -3.13. The summed E-state index contributed by atoms with van der Waals surface area (Å²) in [4.78, 5) is 22.7. The van der Waals surface area contributed by atoms with Gasteiger partial charge in [-0.05, 0) is 0 Å². The zero-order valence-electron chi connectivity index (χ0n) is 8.09. The number of nitrogens with zero attached hydrogens (tertiary/aromatic N) is 1. The Balaban J connectivity index is 2.82. The summed E-state index contributed by atoms with van der Waals surface area (Å²) in [5.41, 5.74) is 0. The Morgan fingerprint density at radius 2 is 2.06 bits per heavy atom. The minimum Gasteiger partial charge on any atom is -0.377 e. The summed E-state index contributed by atoms with van der Waals surface area (Å²) in [5, 5.41) is 0. The molecule has 0 N–H and O–H groups in total. The zero-order valence-corrected chi connectivity index (χ0v) is 8.85. The Kier molecular flexibility index (Phi) is 4.15. The van der Waals surface area contributed by atoms with Crippen LogP contribution in [0.5, 0.6) is 0 Å². The first kappa shape index (κ1) is 13.2. The Bertz CT molecular complexity index is 295. The molecule has 0 aromatic heterocycles. The van der Waals surface area contributed by atoms with Gasteiger partial charge in [-0.3, -0.25) is 9.59 Å². The van der Waals surface area contributed by atoms with Crippen LogP contribution >= 0.6 is 11.6 Å². The van der Waals surface area contributed by atoms with Gasteiger partial charge in [0.1, 0.15) is 6.04 Å². The van der Waals surface area contributed by atoms with Gasteiger partial charge < -0.3 is 9.64 Å². The number of morpholine rings is 1. The third kappa shape index (κ3) is 2.85. The maximum Gasteiger partial charge on any atom is 0.471 e. The number of rotatable bonds is 2. The molecular formula is C8H9ClF3NO3. The van der Waals surface area contributed by atoms with Crippen molar-refractivity contribution in [2.24, 2.45) is 0 Å². The maximum absolute atomic E-state index is 12.2. The lowest BCUT2D eigenvalue weighted by Gasteiger charge is -2.34. The molecule has 1 atom stereocenters. The summed E-state index contributed by atoms with van der Waals surface area (Å²) >= 11 is 5.25. The SMILES string of the molecule is O=C(CCl)C1COCCN1C(=O)C(F)(F)F. The molecule has 0 aromatic rings. The molecule has 1 heterocycles. The number of Topliss-reactive ketones (excluding diaryl/α,β-unsaturated/α-hetero) is 1. The highest BCUT2D eigenvalue weighted by Gasteiger charge is 2.46. The van der Waals surface area contributed by atoms with Crippen LogP contribution in [0.1, 0.15) is 0 Å². The number of carbonyl (C=O) groups excluding carboxylic acids is 2. The first-order valence-corrected chi connectivity index (χ1v) is 4.95. The quantitative estimate of drug-likeness (QED) is 0.682. The first-order valence-electron chi connectivity index (χ1n) is 4.42. The Morgan fingerprint density at radius 3 is 2.56 bits per heavy atom. The van der Waals surface area contributed by atoms with Gasteiger partial charge >= 0.3 is 12.1 Å². The van der Waals surface area contributed by atoms with E-state index >= 15 is 0 Å². The lowest BCUT2D eigenvalue weighted by Crippen LogP contribution is -2.56. The number of ether oxygens (including phenoxy) is 1. The van der Waals surface area contributed by atoms with Gasteiger partial charge in [0.05, 0.1) is 19.1 Å². The van der Waals surface area contributed by atoms with Gasteiger partial charge in [0, 0.05) is 6.54 Å². The third-order valence-electron chi connectivity index (χ3n) is 2.14. The largest absolute Gasteiger partial charge is 0.471 e. The van der Waals surface area contributed by atoms with Gasteiger partial charge in [-0.2, -0.15) is 13.2 Å². The number of halogens is 4. The van der Waals surface area contributed by atoms with E-state index in [1.54, 1.807) is 0 Å². The predicted molar refractivity (Wildman–Crippen MR) is 48.1 cm³/mol. The van der Waals surface area contributed by atoms with E-state index in [1.165, 1.54) is 0 Å². The number of alkyl halides is 4. The molecule has 1 unspecified atom stereocenters. The first-order chi connectivity index (χ1) is 7.38. The van der Waals surface area contributed by atoms with Gasteiger partial charge in [-0.15, -0.1) is 11.6 Å². The number of carbonyl (C=O) groups is 2. The topological polar surface area (TPSA) is 46.6 Å². The summed E-state index contributed by atoms with van der Waals surface area (Å²) in [7, 11) is 0. The minimum absolute atomic E-state index is 0.0200. The molecule has 8 heteroatoms. The standard InChI is InChI=1S/C8H9ClF3NO3/c9-3-6(14)5-4-16-2-1-13(5)7(15)8(10,11)12/h5H,1-4H2. The van der Waals surface area contributed by atoms with Crippen molar-refractivity contribution in [1.29, 1.82) is 0 Å². The molecule has 92 valence electrons. The number of amides is 1. The van der Waals surface area contributed by atoms with Gasteiger partial charge in [0.15, 0.2) is 5.78 Å². The lowest BCUT2D eigenvalue weighted by molar-refractivity contribution is -0.193. The third-order valence-corrected chi connectivity index (χ3v) is 2.40. The molecule has 0 bridgehead atoms. The van der Waals surface area contributed by atoms with Crippen molar-refractivity contribution in [3.05, 3.63) is 0 Å². The second-order valence-corrected chi connectivity index (χ2v) is 3.45. The van der Waals surface area contributed by atoms with Gasteiger partial charge in [0.2, 0.25) is 0 Å². The van der Waals surface area contributed by atoms with Crippen LogP contribution in [0.4, 0.5) is 13.2 Å².